The Bertz CT molecular complexity index is 1820. The Balaban J connectivity index is 3.82. The minimum atomic E-state index is -4.41. The van der Waals surface area contributed by atoms with Crippen LogP contribution in [-0.4, -0.2) is 49.3 Å². The van der Waals surface area contributed by atoms with Crippen LogP contribution in [0.25, 0.3) is 0 Å². The van der Waals surface area contributed by atoms with Crippen LogP contribution in [0.1, 0.15) is 373 Å². The number of rotatable bonds is 73. The maximum Gasteiger partial charge on any atom is 0.472 e. The van der Waals surface area contributed by atoms with Crippen molar-refractivity contribution in [2.75, 3.05) is 26.4 Å². The predicted molar refractivity (Wildman–Crippen MR) is 395 cm³/mol. The van der Waals surface area contributed by atoms with E-state index in [1.807, 2.05) is 0 Å². The second-order valence-corrected chi connectivity index (χ2v) is 27.3. The van der Waals surface area contributed by atoms with Gasteiger partial charge in [0.1, 0.15) is 6.61 Å². The van der Waals surface area contributed by atoms with Crippen LogP contribution in [0, 0.1) is 0 Å². The molecule has 0 radical (unpaired) electrons. The van der Waals surface area contributed by atoms with Crippen LogP contribution in [0.15, 0.2) is 97.2 Å². The minimum absolute atomic E-state index is 0.0453. The number of hydrogen-bond acceptors (Lipinski definition) is 8. The van der Waals surface area contributed by atoms with E-state index < -0.39 is 26.5 Å². The van der Waals surface area contributed by atoms with Gasteiger partial charge in [-0.2, -0.15) is 0 Å². The molecule has 0 heterocycles. The SMILES string of the molecule is CC/C=C\C/C=C\C/C=C\C/C=C\C/C=C\C/C=C\C/C=C\C/C=C\CCCCCCC(=O)OC(COC(=O)CCCCCCCCCCCCCCCCCCCCCCCCCCCCCCCCCCCCCCCCCCC)COP(=O)(O)OCCN. The summed E-state index contributed by atoms with van der Waals surface area (Å²) in [5.41, 5.74) is 5.40. The molecule has 0 aromatic rings. The highest BCUT2D eigenvalue weighted by molar-refractivity contribution is 7.47. The molecule has 91 heavy (non-hydrogen) atoms. The Kier molecular flexibility index (Phi) is 73.4. The highest BCUT2D eigenvalue weighted by Gasteiger charge is 2.26. The number of nitrogens with two attached hydrogens (primary N) is 1. The van der Waals surface area contributed by atoms with E-state index in [0.717, 1.165) is 96.3 Å². The number of unbranched alkanes of at least 4 members (excludes halogenated alkanes) is 44. The van der Waals surface area contributed by atoms with Crippen LogP contribution in [0.3, 0.4) is 0 Å². The molecule has 0 aliphatic carbocycles. The van der Waals surface area contributed by atoms with Crippen LogP contribution < -0.4 is 5.73 Å². The van der Waals surface area contributed by atoms with E-state index in [2.05, 4.69) is 111 Å². The van der Waals surface area contributed by atoms with Crippen molar-refractivity contribution in [1.29, 1.82) is 0 Å². The molecule has 0 spiro atoms. The molecule has 0 saturated heterocycles. The van der Waals surface area contributed by atoms with Crippen LogP contribution in [0.4, 0.5) is 0 Å². The lowest BCUT2D eigenvalue weighted by atomic mass is 10.0. The first-order valence-corrected chi connectivity index (χ1v) is 40.2. The fraction of sp³-hybridized carbons (Fsp3) is 0.778. The maximum absolute atomic E-state index is 12.8. The van der Waals surface area contributed by atoms with Gasteiger partial charge in [0.05, 0.1) is 13.2 Å². The summed E-state index contributed by atoms with van der Waals surface area (Å²) in [6.45, 7) is 3.64. The fourth-order valence-electron chi connectivity index (χ4n) is 11.3. The Morgan fingerprint density at radius 3 is 0.901 bits per heavy atom. The van der Waals surface area contributed by atoms with E-state index in [0.29, 0.717) is 6.42 Å². The molecular formula is C81H146NO8P. The van der Waals surface area contributed by atoms with Crippen molar-refractivity contribution in [2.24, 2.45) is 5.73 Å². The van der Waals surface area contributed by atoms with Crippen LogP contribution >= 0.6 is 7.82 Å². The molecule has 0 amide bonds. The van der Waals surface area contributed by atoms with Crippen molar-refractivity contribution in [1.82, 2.24) is 0 Å². The minimum Gasteiger partial charge on any atom is -0.462 e. The third-order valence-corrected chi connectivity index (χ3v) is 18.0. The summed E-state index contributed by atoms with van der Waals surface area (Å²) >= 11 is 0. The first-order valence-electron chi connectivity index (χ1n) is 38.7. The summed E-state index contributed by atoms with van der Waals surface area (Å²) in [5.74, 6) is -0.849. The largest absolute Gasteiger partial charge is 0.472 e. The normalized spacial score (nSPS) is 13.4. The standard InChI is InChI=1S/C81H146NO8P/c1-3-5-7-9-11-13-15-17-19-21-23-25-27-29-31-33-34-35-36-37-38-39-40-41-42-43-44-46-47-49-51-53-55-57-59-61-63-65-67-69-71-73-80(83)87-77-79(78-89-91(85,86)88-76-75-82)90-81(84)74-72-70-68-66-64-62-60-58-56-54-52-50-48-45-32-30-28-26-24-22-20-18-16-14-12-10-8-6-4-2/h6,8,12,14,18,20,24,26,30,32,48,50,54,56,60,62,79H,3-5,7,9-11,13,15-17,19,21-23,25,27-29,31,33-47,49,51-53,55,57-59,61,63-78,82H2,1-2H3,(H,85,86)/b8-6-,14-12-,20-18-,26-24-,32-30-,50-48-,56-54-,62-60-. The molecule has 3 N–H and O–H groups in total. The number of allylic oxidation sites excluding steroid dienone is 16. The number of phosphoric acid groups is 1. The summed E-state index contributed by atoms with van der Waals surface area (Å²) in [5, 5.41) is 0. The lowest BCUT2D eigenvalue weighted by Crippen LogP contribution is -2.29. The number of carbonyl (C=O) groups is 2. The number of carbonyl (C=O) groups excluding carboxylic acids is 2. The lowest BCUT2D eigenvalue weighted by Gasteiger charge is -2.19. The topological polar surface area (TPSA) is 134 Å². The quantitative estimate of drug-likeness (QED) is 0.0264. The smallest absolute Gasteiger partial charge is 0.462 e. The summed E-state index contributed by atoms with van der Waals surface area (Å²) in [6.07, 6.45) is 104. The van der Waals surface area contributed by atoms with Crippen molar-refractivity contribution in [2.45, 2.75) is 380 Å². The second kappa shape index (κ2) is 76.0. The van der Waals surface area contributed by atoms with Gasteiger partial charge in [-0.3, -0.25) is 18.6 Å². The van der Waals surface area contributed by atoms with Gasteiger partial charge in [-0.1, -0.05) is 381 Å². The summed E-state index contributed by atoms with van der Waals surface area (Å²) in [4.78, 5) is 35.4. The summed E-state index contributed by atoms with van der Waals surface area (Å²) in [6, 6.07) is 0. The lowest BCUT2D eigenvalue weighted by molar-refractivity contribution is -0.161. The molecule has 0 aliphatic heterocycles. The molecule has 9 nitrogen and oxygen atoms in total. The zero-order valence-electron chi connectivity index (χ0n) is 59.6. The molecular weight excluding hydrogens is 1150 g/mol. The fourth-order valence-corrected chi connectivity index (χ4v) is 12.1. The average Bonchev–Trinajstić information content (AvgIpc) is 3.68. The second-order valence-electron chi connectivity index (χ2n) is 25.9. The molecule has 0 rings (SSSR count). The van der Waals surface area contributed by atoms with E-state index in [9.17, 15) is 19.0 Å². The molecule has 2 atom stereocenters. The first kappa shape index (κ1) is 87.9. The third-order valence-electron chi connectivity index (χ3n) is 17.0. The number of phosphoric ester groups is 1. The molecule has 0 aliphatic rings. The van der Waals surface area contributed by atoms with Gasteiger partial charge in [-0.25, -0.2) is 4.57 Å². The maximum atomic E-state index is 12.8. The van der Waals surface area contributed by atoms with E-state index in [1.165, 1.54) is 244 Å². The Hall–Kier alpha value is -3.07. The van der Waals surface area contributed by atoms with Crippen molar-refractivity contribution in [3.63, 3.8) is 0 Å². The highest BCUT2D eigenvalue weighted by Crippen LogP contribution is 2.43. The number of esters is 2. The molecule has 0 fully saturated rings. The molecule has 2 unspecified atom stereocenters. The van der Waals surface area contributed by atoms with Crippen molar-refractivity contribution >= 4 is 19.8 Å². The number of ether oxygens (including phenoxy) is 2. The molecule has 10 heteroatoms. The molecule has 0 bridgehead atoms. The van der Waals surface area contributed by atoms with E-state index in [-0.39, 0.29) is 38.6 Å². The summed E-state index contributed by atoms with van der Waals surface area (Å²) < 4.78 is 33.2. The van der Waals surface area contributed by atoms with Crippen LogP contribution in [0.5, 0.6) is 0 Å². The summed E-state index contributed by atoms with van der Waals surface area (Å²) in [7, 11) is -4.41. The van der Waals surface area contributed by atoms with Crippen molar-refractivity contribution in [3.8, 4) is 0 Å². The van der Waals surface area contributed by atoms with Gasteiger partial charge >= 0.3 is 19.8 Å². The van der Waals surface area contributed by atoms with Gasteiger partial charge in [0, 0.05) is 19.4 Å². The van der Waals surface area contributed by atoms with Gasteiger partial charge in [0.2, 0.25) is 0 Å². The Morgan fingerprint density at radius 2 is 0.604 bits per heavy atom. The van der Waals surface area contributed by atoms with Crippen LogP contribution in [0.2, 0.25) is 0 Å². The Labute approximate surface area is 563 Å². The van der Waals surface area contributed by atoms with Gasteiger partial charge in [0.15, 0.2) is 6.10 Å². The van der Waals surface area contributed by atoms with E-state index in [4.69, 9.17) is 24.3 Å². The van der Waals surface area contributed by atoms with Gasteiger partial charge in [-0.05, 0) is 77.0 Å². The third kappa shape index (κ3) is 75.8. The molecule has 528 valence electrons. The zero-order chi connectivity index (χ0) is 65.8. The zero-order valence-corrected chi connectivity index (χ0v) is 60.5. The predicted octanol–water partition coefficient (Wildman–Crippen LogP) is 25.9. The molecule has 0 saturated carbocycles. The van der Waals surface area contributed by atoms with Crippen LogP contribution in [-0.2, 0) is 32.7 Å². The van der Waals surface area contributed by atoms with Crippen molar-refractivity contribution in [3.05, 3.63) is 97.2 Å². The van der Waals surface area contributed by atoms with Gasteiger partial charge in [-0.15, -0.1) is 0 Å². The first-order chi connectivity index (χ1) is 44.8. The van der Waals surface area contributed by atoms with Gasteiger partial charge < -0.3 is 20.1 Å². The van der Waals surface area contributed by atoms with Crippen molar-refractivity contribution < 1.29 is 37.6 Å². The monoisotopic (exact) mass is 1290 g/mol. The molecule has 0 aromatic heterocycles. The average molecular weight is 1290 g/mol. The molecule has 0 aromatic carbocycles. The van der Waals surface area contributed by atoms with Gasteiger partial charge in [0.25, 0.3) is 0 Å². The highest BCUT2D eigenvalue weighted by atomic mass is 31.2. The van der Waals surface area contributed by atoms with E-state index in [1.54, 1.807) is 0 Å². The number of hydrogen-bond donors (Lipinski definition) is 2. The Morgan fingerprint density at radius 1 is 0.341 bits per heavy atom. The van der Waals surface area contributed by atoms with E-state index >= 15 is 0 Å².